The van der Waals surface area contributed by atoms with Gasteiger partial charge in [-0.25, -0.2) is 19.3 Å². The summed E-state index contributed by atoms with van der Waals surface area (Å²) in [5, 5.41) is 7.49. The van der Waals surface area contributed by atoms with Crippen LogP contribution in [0.1, 0.15) is 21.6 Å². The molecule has 0 fully saturated rings. The van der Waals surface area contributed by atoms with Gasteiger partial charge in [0, 0.05) is 11.9 Å². The standard InChI is InChI=1S/C20H17ClF4N4O3S2/c1-10-15(3-4-17(22)28-10)32-16-9-13(20(23,24)25)14(21)8-12(16)19(30)29-11-5-6-27-18(7-11)34(26,31)33-2/h3-9,33H,1-2H3,(H2,26,31)(H,27,29,30)/t34-/m1/s1. The van der Waals surface area contributed by atoms with Crippen LogP contribution in [0.2, 0.25) is 5.02 Å². The first-order valence-electron chi connectivity index (χ1n) is 9.24. The molecule has 14 heteroatoms. The number of alkyl halides is 3. The number of carbonyl (C=O) groups is 1. The molecular weight excluding hydrogens is 520 g/mol. The topological polar surface area (TPSA) is 107 Å². The van der Waals surface area contributed by atoms with E-state index in [1.807, 2.05) is 0 Å². The summed E-state index contributed by atoms with van der Waals surface area (Å²) < 4.78 is 71.5. The van der Waals surface area contributed by atoms with Gasteiger partial charge in [-0.15, -0.1) is 10.3 Å². The van der Waals surface area contributed by atoms with E-state index in [1.165, 1.54) is 25.3 Å². The Morgan fingerprint density at radius 2 is 1.91 bits per heavy atom. The highest BCUT2D eigenvalue weighted by Crippen LogP contribution is 2.40. The number of amides is 1. The lowest BCUT2D eigenvalue weighted by atomic mass is 10.1. The Labute approximate surface area is 200 Å². The Morgan fingerprint density at radius 1 is 1.21 bits per heavy atom. The first-order valence-corrected chi connectivity index (χ1v) is 13.2. The third kappa shape index (κ3) is 5.84. The van der Waals surface area contributed by atoms with Crippen molar-refractivity contribution in [3.8, 4) is 11.5 Å². The van der Waals surface area contributed by atoms with Crippen LogP contribution in [0, 0.1) is 12.9 Å². The summed E-state index contributed by atoms with van der Waals surface area (Å²) in [6.07, 6.45) is -1.98. The van der Waals surface area contributed by atoms with Crippen LogP contribution < -0.4 is 15.2 Å². The van der Waals surface area contributed by atoms with Crippen molar-refractivity contribution in [3.05, 3.63) is 70.4 Å². The van der Waals surface area contributed by atoms with Crippen molar-refractivity contribution in [1.29, 1.82) is 0 Å². The van der Waals surface area contributed by atoms with Gasteiger partial charge in [0.25, 0.3) is 5.91 Å². The van der Waals surface area contributed by atoms with Crippen molar-refractivity contribution < 1.29 is 31.3 Å². The molecule has 0 bridgehead atoms. The summed E-state index contributed by atoms with van der Waals surface area (Å²) in [6.45, 7) is 1.38. The smallest absolute Gasteiger partial charge is 0.417 e. The van der Waals surface area contributed by atoms with Gasteiger partial charge in [0.1, 0.15) is 16.5 Å². The summed E-state index contributed by atoms with van der Waals surface area (Å²) in [4.78, 5) is 20.5. The molecule has 1 amide bonds. The lowest BCUT2D eigenvalue weighted by Crippen LogP contribution is -2.17. The molecule has 3 N–H and O–H groups in total. The summed E-state index contributed by atoms with van der Waals surface area (Å²) >= 11 is 5.81. The highest BCUT2D eigenvalue weighted by molar-refractivity contribution is 8.38. The Kier molecular flexibility index (Phi) is 7.50. The van der Waals surface area contributed by atoms with Gasteiger partial charge >= 0.3 is 6.18 Å². The van der Waals surface area contributed by atoms with E-state index in [-0.39, 0.29) is 27.7 Å². The molecule has 1 aromatic carbocycles. The van der Waals surface area contributed by atoms with Crippen LogP contribution in [0.3, 0.4) is 0 Å². The highest BCUT2D eigenvalue weighted by atomic mass is 35.5. The van der Waals surface area contributed by atoms with Crippen LogP contribution in [-0.2, 0) is 25.2 Å². The van der Waals surface area contributed by atoms with Gasteiger partial charge in [-0.1, -0.05) is 11.6 Å². The number of anilines is 1. The number of hydrogen-bond acceptors (Lipinski definition) is 5. The monoisotopic (exact) mass is 536 g/mol. The third-order valence-electron chi connectivity index (χ3n) is 4.41. The molecule has 0 radical (unpaired) electrons. The second kappa shape index (κ2) is 9.86. The van der Waals surface area contributed by atoms with E-state index < -0.39 is 43.0 Å². The van der Waals surface area contributed by atoms with Gasteiger partial charge in [0.2, 0.25) is 5.95 Å². The number of aromatic nitrogens is 2. The maximum absolute atomic E-state index is 13.4. The number of aryl methyl sites for hydroxylation is 1. The van der Waals surface area contributed by atoms with Crippen molar-refractivity contribution in [2.75, 3.05) is 11.6 Å². The number of nitrogens with one attached hydrogen (secondary N) is 1. The zero-order chi connectivity index (χ0) is 25.3. The number of halogens is 5. The molecule has 0 aliphatic heterocycles. The second-order valence-corrected chi connectivity index (χ2v) is 11.8. The molecule has 0 saturated heterocycles. The zero-order valence-electron chi connectivity index (χ0n) is 17.5. The normalized spacial score (nSPS) is 13.3. The molecule has 0 aliphatic rings. The molecule has 0 unspecified atom stereocenters. The summed E-state index contributed by atoms with van der Waals surface area (Å²) in [5.74, 6) is -2.25. The number of benzene rings is 1. The maximum atomic E-state index is 13.4. The molecular formula is C20H17ClF4N4O3S2. The van der Waals surface area contributed by atoms with E-state index in [1.54, 1.807) is 6.26 Å². The molecule has 34 heavy (non-hydrogen) atoms. The fourth-order valence-electron chi connectivity index (χ4n) is 2.72. The summed E-state index contributed by atoms with van der Waals surface area (Å²) in [5.41, 5.74) is -1.39. The predicted octanol–water partition coefficient (Wildman–Crippen LogP) is 4.52. The number of ether oxygens (including phenoxy) is 1. The highest BCUT2D eigenvalue weighted by Gasteiger charge is 2.35. The largest absolute Gasteiger partial charge is 0.455 e. The van der Waals surface area contributed by atoms with Crippen LogP contribution in [0.25, 0.3) is 0 Å². The number of pyridine rings is 2. The number of carbonyl (C=O) groups excluding carboxylic acids is 1. The average molecular weight is 537 g/mol. The summed E-state index contributed by atoms with van der Waals surface area (Å²) in [6, 6.07) is 6.17. The molecule has 3 rings (SSSR count). The van der Waals surface area contributed by atoms with Crippen molar-refractivity contribution >= 4 is 42.2 Å². The number of hydrogen-bond donors (Lipinski definition) is 3. The van der Waals surface area contributed by atoms with Crippen molar-refractivity contribution in [2.24, 2.45) is 5.14 Å². The van der Waals surface area contributed by atoms with E-state index in [0.29, 0.717) is 16.4 Å². The van der Waals surface area contributed by atoms with E-state index in [0.717, 1.165) is 18.2 Å². The zero-order valence-corrected chi connectivity index (χ0v) is 20.0. The van der Waals surface area contributed by atoms with Gasteiger partial charge in [0.05, 0.1) is 30.5 Å². The van der Waals surface area contributed by atoms with Gasteiger partial charge in [-0.2, -0.15) is 17.6 Å². The van der Waals surface area contributed by atoms with Crippen LogP contribution in [0.5, 0.6) is 11.5 Å². The van der Waals surface area contributed by atoms with Crippen LogP contribution >= 0.6 is 11.6 Å². The first-order chi connectivity index (χ1) is 15.8. The Bertz CT molecular complexity index is 1390. The Morgan fingerprint density at radius 3 is 2.53 bits per heavy atom. The summed E-state index contributed by atoms with van der Waals surface area (Å²) in [7, 11) is -2.59. The minimum absolute atomic E-state index is 0.0319. The average Bonchev–Trinajstić information content (AvgIpc) is 2.75. The molecule has 2 heterocycles. The SMILES string of the molecule is C[SH]=[S@](N)(=O)c1cc(NC(=O)c2cc(Cl)c(C(F)(F)F)cc2Oc2ccc(F)nc2C)ccn1. The molecule has 2 aromatic heterocycles. The number of thiol groups is 1. The maximum Gasteiger partial charge on any atom is 0.417 e. The van der Waals surface area contributed by atoms with Crippen LogP contribution in [0.4, 0.5) is 23.2 Å². The first kappa shape index (κ1) is 25.9. The lowest BCUT2D eigenvalue weighted by Gasteiger charge is -2.17. The van der Waals surface area contributed by atoms with Gasteiger partial charge in [-0.05, 0) is 49.6 Å². The van der Waals surface area contributed by atoms with Crippen molar-refractivity contribution in [3.63, 3.8) is 0 Å². The Balaban J connectivity index is 2.06. The molecule has 0 spiro atoms. The van der Waals surface area contributed by atoms with Gasteiger partial charge in [-0.3, -0.25) is 4.79 Å². The molecule has 3 aromatic rings. The number of rotatable bonds is 5. The third-order valence-corrected chi connectivity index (χ3v) is 8.27. The molecule has 0 aliphatic carbocycles. The minimum Gasteiger partial charge on any atom is -0.455 e. The van der Waals surface area contributed by atoms with Crippen molar-refractivity contribution in [2.45, 2.75) is 18.1 Å². The quantitative estimate of drug-likeness (QED) is 0.252. The minimum atomic E-state index is -4.83. The number of nitrogens with two attached hydrogens (primary N) is 1. The van der Waals surface area contributed by atoms with Crippen molar-refractivity contribution in [1.82, 2.24) is 9.97 Å². The fraction of sp³-hybridized carbons (Fsp3) is 0.150. The van der Waals surface area contributed by atoms with E-state index >= 15 is 0 Å². The number of nitrogens with zero attached hydrogens (tertiary/aromatic N) is 2. The van der Waals surface area contributed by atoms with E-state index in [2.05, 4.69) is 15.3 Å². The Hall–Kier alpha value is -2.74. The van der Waals surface area contributed by atoms with Gasteiger partial charge < -0.3 is 10.1 Å². The fourth-order valence-corrected chi connectivity index (χ4v) is 4.54. The van der Waals surface area contributed by atoms with Gasteiger partial charge in [0.15, 0.2) is 0 Å². The van der Waals surface area contributed by atoms with Crippen LogP contribution in [-0.4, -0.2) is 26.3 Å². The van der Waals surface area contributed by atoms with E-state index in [4.69, 9.17) is 21.5 Å². The molecule has 1 atom stereocenters. The van der Waals surface area contributed by atoms with Crippen LogP contribution in [0.15, 0.2) is 47.6 Å². The molecule has 0 saturated carbocycles. The molecule has 7 nitrogen and oxygen atoms in total. The molecule has 182 valence electrons. The van der Waals surface area contributed by atoms with E-state index in [9.17, 15) is 26.6 Å². The predicted molar refractivity (Wildman–Crippen MR) is 123 cm³/mol. The second-order valence-electron chi connectivity index (χ2n) is 6.73. The lowest BCUT2D eigenvalue weighted by molar-refractivity contribution is -0.137.